The highest BCUT2D eigenvalue weighted by Gasteiger charge is 2.46. The predicted molar refractivity (Wildman–Crippen MR) is 68.4 cm³/mol. The van der Waals surface area contributed by atoms with Crippen molar-refractivity contribution in [2.75, 3.05) is 0 Å². The molecule has 1 aliphatic heterocycles. The van der Waals surface area contributed by atoms with E-state index in [1.807, 2.05) is 13.0 Å². The maximum absolute atomic E-state index is 11.6. The molecule has 2 rings (SSSR count). The Morgan fingerprint density at radius 1 is 1.59 bits per heavy atom. The highest BCUT2D eigenvalue weighted by atomic mass is 16.5. The Morgan fingerprint density at radius 3 is 2.76 bits per heavy atom. The van der Waals surface area contributed by atoms with Gasteiger partial charge in [-0.3, -0.25) is 0 Å². The first-order valence-corrected chi connectivity index (χ1v) is 6.08. The van der Waals surface area contributed by atoms with E-state index in [-0.39, 0.29) is 17.5 Å². The maximum atomic E-state index is 11.6. The molecular formula is C15H20O2. The van der Waals surface area contributed by atoms with Crippen molar-refractivity contribution in [3.8, 4) is 0 Å². The number of hydrogen-bond acceptors (Lipinski definition) is 2. The minimum absolute atomic E-state index is 0.0229. The normalized spacial score (nSPS) is 36.5. The lowest BCUT2D eigenvalue weighted by Crippen LogP contribution is -2.37. The van der Waals surface area contributed by atoms with Crippen LogP contribution in [-0.2, 0) is 9.53 Å². The first kappa shape index (κ1) is 12.2. The molecule has 1 saturated carbocycles. The van der Waals surface area contributed by atoms with Gasteiger partial charge in [-0.15, -0.1) is 6.58 Å². The van der Waals surface area contributed by atoms with Gasteiger partial charge < -0.3 is 4.74 Å². The zero-order valence-electron chi connectivity index (χ0n) is 10.9. The standard InChI is InChI=1S/C15H20O2/c1-6-15(5)8-13-11(7-12(15)9(2)3)10(4)14(16)17-13/h6,12-13H,1-2,7-8H2,3-5H3/t12-,13?,15+/m0/s1. The summed E-state index contributed by atoms with van der Waals surface area (Å²) in [5.74, 6) is 0.203. The summed E-state index contributed by atoms with van der Waals surface area (Å²) in [6.07, 6.45) is 3.65. The monoisotopic (exact) mass is 232 g/mol. The van der Waals surface area contributed by atoms with Crippen molar-refractivity contribution < 1.29 is 9.53 Å². The van der Waals surface area contributed by atoms with E-state index in [1.54, 1.807) is 0 Å². The van der Waals surface area contributed by atoms with Crippen LogP contribution in [0.25, 0.3) is 0 Å². The largest absolute Gasteiger partial charge is 0.454 e. The Labute approximate surface area is 103 Å². The summed E-state index contributed by atoms with van der Waals surface area (Å²) in [6.45, 7) is 14.1. The number of allylic oxidation sites excluding steroid dienone is 2. The quantitative estimate of drug-likeness (QED) is 0.538. The van der Waals surface area contributed by atoms with Crippen LogP contribution in [-0.4, -0.2) is 12.1 Å². The van der Waals surface area contributed by atoms with E-state index in [4.69, 9.17) is 4.74 Å². The van der Waals surface area contributed by atoms with E-state index in [0.717, 1.165) is 24.0 Å². The molecule has 0 aromatic carbocycles. The fraction of sp³-hybridized carbons (Fsp3) is 0.533. The molecule has 0 aromatic heterocycles. The molecule has 0 saturated heterocycles. The van der Waals surface area contributed by atoms with Gasteiger partial charge in [-0.25, -0.2) is 4.79 Å². The van der Waals surface area contributed by atoms with Crippen molar-refractivity contribution >= 4 is 5.97 Å². The zero-order chi connectivity index (χ0) is 12.8. The van der Waals surface area contributed by atoms with Crippen molar-refractivity contribution in [3.63, 3.8) is 0 Å². The van der Waals surface area contributed by atoms with E-state index in [1.165, 1.54) is 5.57 Å². The van der Waals surface area contributed by atoms with Gasteiger partial charge in [0.15, 0.2) is 0 Å². The van der Waals surface area contributed by atoms with Gasteiger partial charge in [0.05, 0.1) is 0 Å². The lowest BCUT2D eigenvalue weighted by atomic mass is 9.63. The number of hydrogen-bond donors (Lipinski definition) is 0. The maximum Gasteiger partial charge on any atom is 0.334 e. The summed E-state index contributed by atoms with van der Waals surface area (Å²) in [7, 11) is 0. The Hall–Kier alpha value is -1.31. The van der Waals surface area contributed by atoms with E-state index in [0.29, 0.717) is 5.92 Å². The third kappa shape index (κ3) is 1.76. The SMILES string of the molecule is C=C[C@]1(C)CC2OC(=O)C(C)=C2C[C@H]1C(=C)C. The van der Waals surface area contributed by atoms with Gasteiger partial charge in [0, 0.05) is 5.57 Å². The number of rotatable bonds is 2. The van der Waals surface area contributed by atoms with Gasteiger partial charge in [-0.1, -0.05) is 25.2 Å². The Morgan fingerprint density at radius 2 is 2.24 bits per heavy atom. The van der Waals surface area contributed by atoms with E-state index in [9.17, 15) is 4.79 Å². The molecule has 0 N–H and O–H groups in total. The van der Waals surface area contributed by atoms with Gasteiger partial charge in [-0.2, -0.15) is 0 Å². The van der Waals surface area contributed by atoms with Crippen LogP contribution in [0, 0.1) is 11.3 Å². The Bertz CT molecular complexity index is 430. The van der Waals surface area contributed by atoms with Gasteiger partial charge in [-0.05, 0) is 43.6 Å². The summed E-state index contributed by atoms with van der Waals surface area (Å²) < 4.78 is 5.41. The molecule has 17 heavy (non-hydrogen) atoms. The fourth-order valence-electron chi connectivity index (χ4n) is 3.07. The molecule has 1 unspecified atom stereocenters. The molecule has 2 aliphatic rings. The Balaban J connectivity index is 2.39. The van der Waals surface area contributed by atoms with Crippen LogP contribution < -0.4 is 0 Å². The first-order chi connectivity index (χ1) is 7.89. The van der Waals surface area contributed by atoms with Crippen LogP contribution in [0.5, 0.6) is 0 Å². The van der Waals surface area contributed by atoms with Gasteiger partial charge in [0.25, 0.3) is 0 Å². The van der Waals surface area contributed by atoms with Crippen molar-refractivity contribution in [1.82, 2.24) is 0 Å². The van der Waals surface area contributed by atoms with Crippen LogP contribution in [0.1, 0.15) is 33.6 Å². The van der Waals surface area contributed by atoms with Crippen molar-refractivity contribution in [2.45, 2.75) is 39.7 Å². The number of ether oxygens (including phenoxy) is 1. The third-order valence-corrected chi connectivity index (χ3v) is 4.33. The first-order valence-electron chi connectivity index (χ1n) is 6.08. The molecule has 1 heterocycles. The number of carbonyl (C=O) groups is 1. The van der Waals surface area contributed by atoms with Gasteiger partial charge >= 0.3 is 5.97 Å². The van der Waals surface area contributed by atoms with E-state index < -0.39 is 0 Å². The molecule has 0 aromatic rings. The molecule has 2 nitrogen and oxygen atoms in total. The minimum atomic E-state index is -0.154. The predicted octanol–water partition coefficient (Wildman–Crippen LogP) is 3.41. The molecule has 0 radical (unpaired) electrons. The molecule has 0 spiro atoms. The van der Waals surface area contributed by atoms with Crippen LogP contribution in [0.4, 0.5) is 0 Å². The van der Waals surface area contributed by atoms with Crippen molar-refractivity contribution in [1.29, 1.82) is 0 Å². The van der Waals surface area contributed by atoms with Gasteiger partial charge in [0.1, 0.15) is 6.10 Å². The molecule has 3 atom stereocenters. The molecule has 2 heteroatoms. The Kier molecular flexibility index (Phi) is 2.76. The van der Waals surface area contributed by atoms with E-state index >= 15 is 0 Å². The highest BCUT2D eigenvalue weighted by molar-refractivity contribution is 5.91. The molecule has 1 fully saturated rings. The molecule has 1 aliphatic carbocycles. The molecular weight excluding hydrogens is 212 g/mol. The fourth-order valence-corrected chi connectivity index (χ4v) is 3.07. The third-order valence-electron chi connectivity index (χ3n) is 4.33. The second-order valence-electron chi connectivity index (χ2n) is 5.56. The zero-order valence-corrected chi connectivity index (χ0v) is 10.9. The number of carbonyl (C=O) groups excluding carboxylic acids is 1. The molecule has 0 bridgehead atoms. The molecule has 0 amide bonds. The van der Waals surface area contributed by atoms with E-state index in [2.05, 4.69) is 27.0 Å². The summed E-state index contributed by atoms with van der Waals surface area (Å²) in [5.41, 5.74) is 3.10. The summed E-state index contributed by atoms with van der Waals surface area (Å²) >= 11 is 0. The summed E-state index contributed by atoms with van der Waals surface area (Å²) in [6, 6.07) is 0. The summed E-state index contributed by atoms with van der Waals surface area (Å²) in [5, 5.41) is 0. The second-order valence-corrected chi connectivity index (χ2v) is 5.56. The second kappa shape index (κ2) is 3.86. The van der Waals surface area contributed by atoms with Crippen LogP contribution in [0.3, 0.4) is 0 Å². The number of fused-ring (bicyclic) bond motifs is 1. The van der Waals surface area contributed by atoms with Crippen LogP contribution >= 0.6 is 0 Å². The highest BCUT2D eigenvalue weighted by Crippen LogP contribution is 2.50. The average molecular weight is 232 g/mol. The van der Waals surface area contributed by atoms with Gasteiger partial charge in [0.2, 0.25) is 0 Å². The average Bonchev–Trinajstić information content (AvgIpc) is 2.53. The lowest BCUT2D eigenvalue weighted by Gasteiger charge is -2.42. The lowest BCUT2D eigenvalue weighted by molar-refractivity contribution is -0.141. The van der Waals surface area contributed by atoms with Crippen molar-refractivity contribution in [2.24, 2.45) is 11.3 Å². The van der Waals surface area contributed by atoms with Crippen molar-refractivity contribution in [3.05, 3.63) is 36.0 Å². The minimum Gasteiger partial charge on any atom is -0.454 e. The van der Waals surface area contributed by atoms with Crippen LogP contribution in [0.15, 0.2) is 36.0 Å². The summed E-state index contributed by atoms with van der Waals surface area (Å²) in [4.78, 5) is 11.6. The topological polar surface area (TPSA) is 26.3 Å². The van der Waals surface area contributed by atoms with Crippen LogP contribution in [0.2, 0.25) is 0 Å². The smallest absolute Gasteiger partial charge is 0.334 e. The molecule has 92 valence electrons. The number of esters is 1.